The van der Waals surface area contributed by atoms with Crippen LogP contribution in [0.1, 0.15) is 16.7 Å². The Bertz CT molecular complexity index is 713. The molecule has 1 aliphatic heterocycles. The Kier molecular flexibility index (Phi) is 2.99. The van der Waals surface area contributed by atoms with Crippen LogP contribution in [0.2, 0.25) is 0 Å². The van der Waals surface area contributed by atoms with Crippen molar-refractivity contribution in [3.8, 4) is 0 Å². The van der Waals surface area contributed by atoms with Gasteiger partial charge in [-0.2, -0.15) is 0 Å². The summed E-state index contributed by atoms with van der Waals surface area (Å²) in [6.07, 6.45) is 5.46. The van der Waals surface area contributed by atoms with Crippen molar-refractivity contribution in [2.75, 3.05) is 0 Å². The molecule has 2 nitrogen and oxygen atoms in total. The Morgan fingerprint density at radius 3 is 2.32 bits per heavy atom. The summed E-state index contributed by atoms with van der Waals surface area (Å²) in [5.74, 6) is 0.772. The second kappa shape index (κ2) is 4.94. The lowest BCUT2D eigenvalue weighted by molar-refractivity contribution is 0.444. The largest absolute Gasteiger partial charge is 0.464 e. The van der Waals surface area contributed by atoms with Gasteiger partial charge < -0.3 is 4.74 Å². The van der Waals surface area contributed by atoms with Gasteiger partial charge in [-0.15, -0.1) is 0 Å². The molecular weight excluding hydrogens is 236 g/mol. The highest BCUT2D eigenvalue weighted by Crippen LogP contribution is 2.24. The normalized spacial score (nSPS) is 12.9. The number of hydrogen-bond acceptors (Lipinski definition) is 2. The molecule has 0 radical (unpaired) electrons. The molecule has 92 valence electrons. The molecule has 1 heterocycles. The van der Waals surface area contributed by atoms with Gasteiger partial charge in [0.25, 0.3) is 0 Å². The lowest BCUT2D eigenvalue weighted by Crippen LogP contribution is -1.88. The van der Waals surface area contributed by atoms with E-state index in [2.05, 4.69) is 0 Å². The molecule has 0 aliphatic carbocycles. The summed E-state index contributed by atoms with van der Waals surface area (Å²) in [6.45, 7) is 0. The summed E-state index contributed by atoms with van der Waals surface area (Å²) in [5.41, 5.74) is 2.94. The lowest BCUT2D eigenvalue weighted by atomic mass is 10.1. The van der Waals surface area contributed by atoms with Gasteiger partial charge in [0.1, 0.15) is 5.76 Å². The smallest absolute Gasteiger partial charge is 0.178 e. The predicted octanol–water partition coefficient (Wildman–Crippen LogP) is 3.55. The number of fused-ring (bicyclic) bond motifs is 1. The molecule has 19 heavy (non-hydrogen) atoms. The summed E-state index contributed by atoms with van der Waals surface area (Å²) in [6, 6.07) is 16.6. The highest BCUT2D eigenvalue weighted by molar-refractivity contribution is 5.82. The third-order valence-electron chi connectivity index (χ3n) is 2.98. The van der Waals surface area contributed by atoms with Crippen LogP contribution in [0.15, 0.2) is 65.7 Å². The molecule has 0 fully saturated rings. The second-order valence-electron chi connectivity index (χ2n) is 4.27. The van der Waals surface area contributed by atoms with E-state index in [1.165, 1.54) is 0 Å². The van der Waals surface area contributed by atoms with E-state index in [9.17, 15) is 4.79 Å². The van der Waals surface area contributed by atoms with Crippen LogP contribution in [0.4, 0.5) is 0 Å². The van der Waals surface area contributed by atoms with Crippen molar-refractivity contribution in [1.82, 2.24) is 0 Å². The fourth-order valence-electron chi connectivity index (χ4n) is 1.98. The quantitative estimate of drug-likeness (QED) is 0.771. The first-order valence-electron chi connectivity index (χ1n) is 6.08. The van der Waals surface area contributed by atoms with Crippen LogP contribution in [0.5, 0.6) is 0 Å². The highest BCUT2D eigenvalue weighted by Gasteiger charge is 2.06. The number of benzene rings is 1. The average Bonchev–Trinajstić information content (AvgIpc) is 2.75. The Morgan fingerprint density at radius 1 is 0.789 bits per heavy atom. The van der Waals surface area contributed by atoms with E-state index >= 15 is 0 Å². The summed E-state index contributed by atoms with van der Waals surface area (Å²) in [5, 5.41) is 0. The molecule has 0 spiro atoms. The van der Waals surface area contributed by atoms with Crippen LogP contribution in [0.3, 0.4) is 0 Å². The minimum atomic E-state index is -0.00273. The van der Waals surface area contributed by atoms with Gasteiger partial charge in [0, 0.05) is 5.56 Å². The Labute approximate surface area is 111 Å². The van der Waals surface area contributed by atoms with Crippen LogP contribution >= 0.6 is 0 Å². The Morgan fingerprint density at radius 2 is 1.53 bits per heavy atom. The maximum Gasteiger partial charge on any atom is 0.178 e. The van der Waals surface area contributed by atoms with Gasteiger partial charge in [-0.3, -0.25) is 4.79 Å². The van der Waals surface area contributed by atoms with Gasteiger partial charge in [-0.1, -0.05) is 42.5 Å². The zero-order valence-electron chi connectivity index (χ0n) is 10.2. The Balaban J connectivity index is 2.16. The van der Waals surface area contributed by atoms with Gasteiger partial charge in [0.05, 0.1) is 6.26 Å². The zero-order valence-corrected chi connectivity index (χ0v) is 10.2. The first kappa shape index (κ1) is 11.5. The maximum absolute atomic E-state index is 11.4. The van der Waals surface area contributed by atoms with Crippen molar-refractivity contribution >= 4 is 17.9 Å². The van der Waals surface area contributed by atoms with Crippen molar-refractivity contribution in [2.45, 2.75) is 0 Å². The molecule has 2 aromatic carbocycles. The molecule has 2 heteroatoms. The zero-order chi connectivity index (χ0) is 13.1. The van der Waals surface area contributed by atoms with Crippen LogP contribution in [0.25, 0.3) is 17.9 Å². The molecular formula is C17H12O2. The van der Waals surface area contributed by atoms with Gasteiger partial charge in [0.15, 0.2) is 5.43 Å². The molecule has 3 rings (SSSR count). The van der Waals surface area contributed by atoms with E-state index in [0.29, 0.717) is 0 Å². The van der Waals surface area contributed by atoms with Gasteiger partial charge in [-0.25, -0.2) is 0 Å². The van der Waals surface area contributed by atoms with E-state index in [1.807, 2.05) is 54.6 Å². The standard InChI is InChI=1S/C17H12O2/c18-16-8-6-13-10-11-19-17(12-15(13)7-9-16)14-4-2-1-3-5-14/h1-12H. The number of ether oxygens (including phenoxy) is 1. The lowest BCUT2D eigenvalue weighted by Gasteiger charge is -2.04. The topological polar surface area (TPSA) is 26.3 Å². The van der Waals surface area contributed by atoms with Crippen LogP contribution in [0, 0.1) is 0 Å². The minimum absolute atomic E-state index is 0.00273. The van der Waals surface area contributed by atoms with E-state index in [-0.39, 0.29) is 5.43 Å². The summed E-state index contributed by atoms with van der Waals surface area (Å²) in [4.78, 5) is 11.4. The summed E-state index contributed by atoms with van der Waals surface area (Å²) >= 11 is 0. The Hall–Kier alpha value is -2.61. The fraction of sp³-hybridized carbons (Fsp3) is 0. The second-order valence-corrected chi connectivity index (χ2v) is 4.27. The van der Waals surface area contributed by atoms with Crippen LogP contribution in [-0.2, 0) is 4.74 Å². The molecule has 0 amide bonds. The van der Waals surface area contributed by atoms with Gasteiger partial charge >= 0.3 is 0 Å². The van der Waals surface area contributed by atoms with Crippen molar-refractivity contribution in [1.29, 1.82) is 0 Å². The third kappa shape index (κ3) is 2.47. The maximum atomic E-state index is 11.4. The van der Waals surface area contributed by atoms with Crippen molar-refractivity contribution in [3.05, 3.63) is 87.8 Å². The molecule has 0 N–H and O–H groups in total. The van der Waals surface area contributed by atoms with E-state index in [4.69, 9.17) is 4.74 Å². The molecule has 1 aliphatic rings. The highest BCUT2D eigenvalue weighted by atomic mass is 16.5. The first-order valence-corrected chi connectivity index (χ1v) is 6.08. The van der Waals surface area contributed by atoms with E-state index in [0.717, 1.165) is 22.4 Å². The summed E-state index contributed by atoms with van der Waals surface area (Å²) < 4.78 is 5.63. The third-order valence-corrected chi connectivity index (χ3v) is 2.98. The van der Waals surface area contributed by atoms with Crippen molar-refractivity contribution in [2.24, 2.45) is 0 Å². The SMILES string of the molecule is O=c1ccc2c(cc1)C=C(c1ccccc1)OC=C2. The molecule has 0 aromatic heterocycles. The molecule has 2 aromatic rings. The molecule has 0 saturated heterocycles. The van der Waals surface area contributed by atoms with Crippen LogP contribution in [-0.4, -0.2) is 0 Å². The molecule has 0 saturated carbocycles. The van der Waals surface area contributed by atoms with Gasteiger partial charge in [-0.05, 0) is 35.4 Å². The molecule has 0 unspecified atom stereocenters. The van der Waals surface area contributed by atoms with Gasteiger partial charge in [0.2, 0.25) is 0 Å². The van der Waals surface area contributed by atoms with E-state index < -0.39 is 0 Å². The van der Waals surface area contributed by atoms with Crippen molar-refractivity contribution < 1.29 is 4.74 Å². The predicted molar refractivity (Wildman–Crippen MR) is 77.1 cm³/mol. The fourth-order valence-corrected chi connectivity index (χ4v) is 1.98. The number of rotatable bonds is 1. The van der Waals surface area contributed by atoms with Crippen LogP contribution < -0.4 is 5.43 Å². The molecule has 0 bridgehead atoms. The minimum Gasteiger partial charge on any atom is -0.464 e. The summed E-state index contributed by atoms with van der Waals surface area (Å²) in [7, 11) is 0. The van der Waals surface area contributed by atoms with E-state index in [1.54, 1.807) is 18.4 Å². The first-order chi connectivity index (χ1) is 9.33. The average molecular weight is 248 g/mol. The monoisotopic (exact) mass is 248 g/mol. The molecule has 0 atom stereocenters. The number of hydrogen-bond donors (Lipinski definition) is 0. The van der Waals surface area contributed by atoms with Crippen molar-refractivity contribution in [3.63, 3.8) is 0 Å².